The number of nitrogens with one attached hydrogen (secondary N) is 1. The molecule has 0 saturated carbocycles. The molecule has 1 aromatic carbocycles. The van der Waals surface area contributed by atoms with Gasteiger partial charge in [0.2, 0.25) is 0 Å². The lowest BCUT2D eigenvalue weighted by molar-refractivity contribution is 0.394. The fourth-order valence-electron chi connectivity index (χ4n) is 3.00. The maximum absolute atomic E-state index is 4.58. The molecule has 0 spiro atoms. The highest BCUT2D eigenvalue weighted by atomic mass is 32.1. The Balaban J connectivity index is 1.70. The van der Waals surface area contributed by atoms with E-state index in [1.165, 1.54) is 42.7 Å². The normalized spacial score (nSPS) is 19.6. The van der Waals surface area contributed by atoms with Crippen LogP contribution in [0.4, 0.5) is 5.00 Å². The van der Waals surface area contributed by atoms with Gasteiger partial charge in [-0.15, -0.1) is 0 Å². The lowest BCUT2D eigenvalue weighted by Crippen LogP contribution is -2.39. The Morgan fingerprint density at radius 1 is 1.40 bits per heavy atom. The average Bonchev–Trinajstić information content (AvgIpc) is 2.92. The van der Waals surface area contributed by atoms with Gasteiger partial charge in [-0.25, -0.2) is 0 Å². The van der Waals surface area contributed by atoms with Gasteiger partial charge in [0.25, 0.3) is 0 Å². The van der Waals surface area contributed by atoms with E-state index in [-0.39, 0.29) is 0 Å². The van der Waals surface area contributed by atoms with Crippen molar-refractivity contribution < 1.29 is 0 Å². The van der Waals surface area contributed by atoms with Gasteiger partial charge in [0.15, 0.2) is 0 Å². The first-order valence-corrected chi connectivity index (χ1v) is 8.46. The highest BCUT2D eigenvalue weighted by molar-refractivity contribution is 7.11. The van der Waals surface area contributed by atoms with Crippen LogP contribution in [0.1, 0.15) is 26.2 Å². The van der Waals surface area contributed by atoms with E-state index in [0.717, 1.165) is 24.5 Å². The van der Waals surface area contributed by atoms with E-state index >= 15 is 0 Å². The molecule has 1 fully saturated rings. The number of benzene rings is 1. The van der Waals surface area contributed by atoms with Crippen molar-refractivity contribution in [2.45, 2.75) is 26.2 Å². The topological polar surface area (TPSA) is 28.2 Å². The predicted octanol–water partition coefficient (Wildman–Crippen LogP) is 3.51. The van der Waals surface area contributed by atoms with Gasteiger partial charge in [-0.05, 0) is 61.9 Å². The number of rotatable bonds is 5. The third kappa shape index (κ3) is 2.96. The van der Waals surface area contributed by atoms with Gasteiger partial charge in [-0.3, -0.25) is 0 Å². The lowest BCUT2D eigenvalue weighted by atomic mass is 9.98. The minimum absolute atomic E-state index is 0.774. The van der Waals surface area contributed by atoms with E-state index in [1.807, 2.05) is 0 Å². The molecule has 3 nitrogen and oxygen atoms in total. The van der Waals surface area contributed by atoms with Crippen LogP contribution in [0.2, 0.25) is 0 Å². The molecule has 0 bridgehead atoms. The molecule has 2 heterocycles. The molecule has 2 aromatic rings. The second-order valence-corrected chi connectivity index (χ2v) is 6.42. The minimum atomic E-state index is 0.774. The molecule has 4 heteroatoms. The molecule has 1 saturated heterocycles. The predicted molar refractivity (Wildman–Crippen MR) is 87.7 cm³/mol. The molecular weight excluding hydrogens is 266 g/mol. The Morgan fingerprint density at radius 3 is 3.20 bits per heavy atom. The SMILES string of the molecule is CCCNCC1CCCN(c2snc3ccccc23)C1. The third-order valence-electron chi connectivity index (χ3n) is 4.03. The van der Waals surface area contributed by atoms with Gasteiger partial charge >= 0.3 is 0 Å². The molecule has 0 radical (unpaired) electrons. The summed E-state index contributed by atoms with van der Waals surface area (Å²) in [5, 5.41) is 6.25. The molecule has 1 aliphatic rings. The zero-order chi connectivity index (χ0) is 13.8. The molecule has 3 rings (SSSR count). The van der Waals surface area contributed by atoms with E-state index < -0.39 is 0 Å². The Bertz CT molecular complexity index is 551. The Labute approximate surface area is 125 Å². The monoisotopic (exact) mass is 289 g/mol. The number of piperidine rings is 1. The average molecular weight is 289 g/mol. The number of aromatic nitrogens is 1. The first kappa shape index (κ1) is 13.8. The lowest BCUT2D eigenvalue weighted by Gasteiger charge is -2.33. The van der Waals surface area contributed by atoms with E-state index in [1.54, 1.807) is 11.5 Å². The quantitative estimate of drug-likeness (QED) is 0.854. The smallest absolute Gasteiger partial charge is 0.119 e. The number of hydrogen-bond acceptors (Lipinski definition) is 4. The highest BCUT2D eigenvalue weighted by Crippen LogP contribution is 2.33. The van der Waals surface area contributed by atoms with Gasteiger partial charge in [-0.1, -0.05) is 19.1 Å². The number of fused-ring (bicyclic) bond motifs is 1. The summed E-state index contributed by atoms with van der Waals surface area (Å²) < 4.78 is 4.58. The maximum atomic E-state index is 4.58. The van der Waals surface area contributed by atoms with Gasteiger partial charge in [0.05, 0.1) is 5.52 Å². The summed E-state index contributed by atoms with van der Waals surface area (Å²) in [6.07, 6.45) is 3.87. The number of anilines is 1. The summed E-state index contributed by atoms with van der Waals surface area (Å²) in [6, 6.07) is 8.50. The molecular formula is C16H23N3S. The highest BCUT2D eigenvalue weighted by Gasteiger charge is 2.22. The first-order chi connectivity index (χ1) is 9.88. The largest absolute Gasteiger partial charge is 0.361 e. The van der Waals surface area contributed by atoms with Crippen molar-refractivity contribution in [1.82, 2.24) is 9.69 Å². The molecule has 0 aliphatic carbocycles. The minimum Gasteiger partial charge on any atom is -0.361 e. The van der Waals surface area contributed by atoms with Crippen molar-refractivity contribution in [2.24, 2.45) is 5.92 Å². The molecule has 1 N–H and O–H groups in total. The van der Waals surface area contributed by atoms with Gasteiger partial charge in [0, 0.05) is 18.5 Å². The standard InChI is InChI=1S/C16H23N3S/c1-2-9-17-11-13-6-5-10-19(12-13)16-14-7-3-4-8-15(14)18-20-16/h3-4,7-8,13,17H,2,5-6,9-12H2,1H3. The van der Waals surface area contributed by atoms with Crippen molar-refractivity contribution in [1.29, 1.82) is 0 Å². The molecule has 108 valence electrons. The fourth-order valence-corrected chi connectivity index (χ4v) is 3.90. The second kappa shape index (κ2) is 6.55. The summed E-state index contributed by atoms with van der Waals surface area (Å²) in [6.45, 7) is 6.87. The summed E-state index contributed by atoms with van der Waals surface area (Å²) in [5.41, 5.74) is 1.14. The molecule has 1 aliphatic heterocycles. The Kier molecular flexibility index (Phi) is 4.53. The zero-order valence-electron chi connectivity index (χ0n) is 12.1. The maximum Gasteiger partial charge on any atom is 0.119 e. The molecule has 20 heavy (non-hydrogen) atoms. The summed E-state index contributed by atoms with van der Waals surface area (Å²) in [7, 11) is 0. The van der Waals surface area contributed by atoms with Crippen LogP contribution in [-0.4, -0.2) is 30.6 Å². The van der Waals surface area contributed by atoms with Gasteiger partial charge < -0.3 is 10.2 Å². The van der Waals surface area contributed by atoms with E-state index in [9.17, 15) is 0 Å². The van der Waals surface area contributed by atoms with Crippen LogP contribution in [0, 0.1) is 5.92 Å². The van der Waals surface area contributed by atoms with Crippen molar-refractivity contribution in [3.8, 4) is 0 Å². The van der Waals surface area contributed by atoms with Crippen LogP contribution in [0.3, 0.4) is 0 Å². The van der Waals surface area contributed by atoms with Crippen LogP contribution < -0.4 is 10.2 Å². The second-order valence-electron chi connectivity index (χ2n) is 5.66. The van der Waals surface area contributed by atoms with Crippen molar-refractivity contribution in [2.75, 3.05) is 31.1 Å². The summed E-state index contributed by atoms with van der Waals surface area (Å²) in [5.74, 6) is 0.774. The molecule has 1 unspecified atom stereocenters. The van der Waals surface area contributed by atoms with Crippen molar-refractivity contribution in [3.05, 3.63) is 24.3 Å². The summed E-state index contributed by atoms with van der Waals surface area (Å²) in [4.78, 5) is 2.54. The number of nitrogens with zero attached hydrogens (tertiary/aromatic N) is 2. The number of hydrogen-bond donors (Lipinski definition) is 1. The van der Waals surface area contributed by atoms with Crippen LogP contribution in [0.25, 0.3) is 10.9 Å². The van der Waals surface area contributed by atoms with Crippen molar-refractivity contribution in [3.63, 3.8) is 0 Å². The zero-order valence-corrected chi connectivity index (χ0v) is 13.0. The van der Waals surface area contributed by atoms with Crippen LogP contribution in [-0.2, 0) is 0 Å². The fraction of sp³-hybridized carbons (Fsp3) is 0.562. The Hall–Kier alpha value is -1.13. The van der Waals surface area contributed by atoms with E-state index in [0.29, 0.717) is 0 Å². The van der Waals surface area contributed by atoms with Gasteiger partial charge in [0.1, 0.15) is 5.00 Å². The van der Waals surface area contributed by atoms with Crippen LogP contribution >= 0.6 is 11.5 Å². The van der Waals surface area contributed by atoms with Gasteiger partial charge in [-0.2, -0.15) is 4.37 Å². The van der Waals surface area contributed by atoms with Crippen LogP contribution in [0.15, 0.2) is 24.3 Å². The summed E-state index contributed by atoms with van der Waals surface area (Å²) >= 11 is 1.66. The van der Waals surface area contributed by atoms with Crippen LogP contribution in [0.5, 0.6) is 0 Å². The molecule has 0 amide bonds. The third-order valence-corrected chi connectivity index (χ3v) is 4.97. The van der Waals surface area contributed by atoms with E-state index in [4.69, 9.17) is 0 Å². The molecule has 1 aromatic heterocycles. The molecule has 1 atom stereocenters. The van der Waals surface area contributed by atoms with Crippen molar-refractivity contribution >= 4 is 27.4 Å². The van der Waals surface area contributed by atoms with E-state index in [2.05, 4.69) is 45.8 Å². The Morgan fingerprint density at radius 2 is 2.30 bits per heavy atom. The first-order valence-electron chi connectivity index (χ1n) is 7.68.